The predicted octanol–water partition coefficient (Wildman–Crippen LogP) is 1.53. The first kappa shape index (κ1) is 12.6. The van der Waals surface area contributed by atoms with Gasteiger partial charge in [0.25, 0.3) is 0 Å². The molecule has 2 saturated heterocycles. The fourth-order valence-corrected chi connectivity index (χ4v) is 5.57. The molecule has 2 heterocycles. The summed E-state index contributed by atoms with van der Waals surface area (Å²) < 4.78 is 0. The van der Waals surface area contributed by atoms with Crippen molar-refractivity contribution in [3.63, 3.8) is 0 Å². The average Bonchev–Trinajstić information content (AvgIpc) is 3.01. The van der Waals surface area contributed by atoms with Crippen LogP contribution in [0.25, 0.3) is 0 Å². The molecule has 6 unspecified atom stereocenters. The summed E-state index contributed by atoms with van der Waals surface area (Å²) in [6.07, 6.45) is 8.54. The lowest BCUT2D eigenvalue weighted by atomic mass is 9.84. The molecule has 0 aromatic carbocycles. The van der Waals surface area contributed by atoms with Gasteiger partial charge in [-0.15, -0.1) is 0 Å². The van der Waals surface area contributed by atoms with E-state index in [4.69, 9.17) is 5.73 Å². The van der Waals surface area contributed by atoms with Crippen LogP contribution in [0.5, 0.6) is 0 Å². The molecule has 2 N–H and O–H groups in total. The summed E-state index contributed by atoms with van der Waals surface area (Å²) in [5, 5.41) is 0. The maximum Gasteiger partial charge on any atom is 0.0223 e. The molecule has 3 heteroatoms. The summed E-state index contributed by atoms with van der Waals surface area (Å²) >= 11 is 0. The van der Waals surface area contributed by atoms with Crippen LogP contribution in [0, 0.1) is 17.8 Å². The van der Waals surface area contributed by atoms with Crippen LogP contribution >= 0.6 is 0 Å². The Kier molecular flexibility index (Phi) is 3.13. The van der Waals surface area contributed by atoms with E-state index >= 15 is 0 Å². The van der Waals surface area contributed by atoms with Gasteiger partial charge in [-0.25, -0.2) is 0 Å². The van der Waals surface area contributed by atoms with E-state index in [1.165, 1.54) is 58.2 Å². The molecule has 6 atom stereocenters. The summed E-state index contributed by atoms with van der Waals surface area (Å²) in [6.45, 7) is 3.90. The normalized spacial score (nSPS) is 50.8. The molecule has 19 heavy (non-hydrogen) atoms. The van der Waals surface area contributed by atoms with Gasteiger partial charge in [-0.05, 0) is 69.9 Å². The smallest absolute Gasteiger partial charge is 0.0223 e. The molecule has 2 saturated carbocycles. The van der Waals surface area contributed by atoms with E-state index in [0.29, 0.717) is 6.04 Å². The van der Waals surface area contributed by atoms with Crippen molar-refractivity contribution in [3.05, 3.63) is 0 Å². The third-order valence-corrected chi connectivity index (χ3v) is 6.86. The van der Waals surface area contributed by atoms with Gasteiger partial charge >= 0.3 is 0 Å². The van der Waals surface area contributed by atoms with Gasteiger partial charge in [-0.2, -0.15) is 0 Å². The summed E-state index contributed by atoms with van der Waals surface area (Å²) in [7, 11) is 2.34. The fourth-order valence-electron chi connectivity index (χ4n) is 5.57. The lowest BCUT2D eigenvalue weighted by molar-refractivity contribution is 0.159. The second-order valence-corrected chi connectivity index (χ2v) is 7.67. The molecule has 2 aliphatic heterocycles. The first-order valence-corrected chi connectivity index (χ1v) is 8.42. The molecule has 0 amide bonds. The van der Waals surface area contributed by atoms with Crippen LogP contribution in [-0.4, -0.2) is 54.6 Å². The van der Waals surface area contributed by atoms with Crippen LogP contribution in [0.3, 0.4) is 0 Å². The molecule has 0 radical (unpaired) electrons. The standard InChI is InChI=1S/C16H29N3/c1-18-13-4-5-14(18)9-19(7-6-13)10-15-11-2-3-12(8-11)16(15)17/h11-16H,2-10,17H2,1H3. The third-order valence-electron chi connectivity index (χ3n) is 6.86. The molecular formula is C16H29N3. The molecule has 4 bridgehead atoms. The van der Waals surface area contributed by atoms with Crippen LogP contribution in [0.1, 0.15) is 38.5 Å². The Morgan fingerprint density at radius 3 is 2.58 bits per heavy atom. The fraction of sp³-hybridized carbons (Fsp3) is 1.00. The van der Waals surface area contributed by atoms with E-state index < -0.39 is 0 Å². The first-order valence-electron chi connectivity index (χ1n) is 8.42. The van der Waals surface area contributed by atoms with Crippen molar-refractivity contribution in [1.29, 1.82) is 0 Å². The highest BCUT2D eigenvalue weighted by atomic mass is 15.3. The number of nitrogens with two attached hydrogens (primary N) is 1. The van der Waals surface area contributed by atoms with Gasteiger partial charge in [-0.3, -0.25) is 4.90 Å². The molecule has 2 aliphatic carbocycles. The summed E-state index contributed by atoms with van der Waals surface area (Å²) in [6, 6.07) is 2.20. The molecule has 4 rings (SSSR count). The maximum absolute atomic E-state index is 6.49. The van der Waals surface area contributed by atoms with E-state index in [1.807, 2.05) is 0 Å². The van der Waals surface area contributed by atoms with E-state index in [9.17, 15) is 0 Å². The molecule has 4 aliphatic rings. The van der Waals surface area contributed by atoms with Crippen molar-refractivity contribution >= 4 is 0 Å². The minimum Gasteiger partial charge on any atom is -0.327 e. The van der Waals surface area contributed by atoms with Crippen LogP contribution in [-0.2, 0) is 0 Å². The largest absolute Gasteiger partial charge is 0.327 e. The second-order valence-electron chi connectivity index (χ2n) is 7.67. The van der Waals surface area contributed by atoms with Crippen LogP contribution in [0.2, 0.25) is 0 Å². The number of likely N-dealkylation sites (tertiary alicyclic amines) is 1. The van der Waals surface area contributed by atoms with Gasteiger partial charge in [-0.1, -0.05) is 0 Å². The topological polar surface area (TPSA) is 32.5 Å². The minimum absolute atomic E-state index is 0.511. The third kappa shape index (κ3) is 2.05. The molecule has 108 valence electrons. The Bertz CT molecular complexity index is 343. The summed E-state index contributed by atoms with van der Waals surface area (Å²) in [5.41, 5.74) is 6.49. The van der Waals surface area contributed by atoms with Crippen LogP contribution in [0.15, 0.2) is 0 Å². The number of hydrogen-bond donors (Lipinski definition) is 1. The summed E-state index contributed by atoms with van der Waals surface area (Å²) in [4.78, 5) is 5.41. The highest BCUT2D eigenvalue weighted by Crippen LogP contribution is 2.48. The van der Waals surface area contributed by atoms with Gasteiger partial charge in [0.15, 0.2) is 0 Å². The number of likely N-dealkylation sites (N-methyl/N-ethyl adjacent to an activating group) is 1. The van der Waals surface area contributed by atoms with Crippen molar-refractivity contribution in [2.75, 3.05) is 26.7 Å². The van der Waals surface area contributed by atoms with Crippen LogP contribution in [0.4, 0.5) is 0 Å². The highest BCUT2D eigenvalue weighted by Gasteiger charge is 2.46. The van der Waals surface area contributed by atoms with Gasteiger partial charge in [0.05, 0.1) is 0 Å². The second kappa shape index (κ2) is 4.71. The molecular weight excluding hydrogens is 234 g/mol. The van der Waals surface area contributed by atoms with Crippen molar-refractivity contribution in [3.8, 4) is 0 Å². The van der Waals surface area contributed by atoms with E-state index in [2.05, 4.69) is 16.8 Å². The van der Waals surface area contributed by atoms with E-state index in [0.717, 1.165) is 29.8 Å². The Morgan fingerprint density at radius 1 is 1.00 bits per heavy atom. The lowest BCUT2D eigenvalue weighted by Gasteiger charge is -2.34. The molecule has 0 spiro atoms. The Morgan fingerprint density at radius 2 is 1.79 bits per heavy atom. The van der Waals surface area contributed by atoms with Gasteiger partial charge in [0.2, 0.25) is 0 Å². The maximum atomic E-state index is 6.49. The zero-order valence-corrected chi connectivity index (χ0v) is 12.3. The minimum atomic E-state index is 0.511. The monoisotopic (exact) mass is 263 g/mol. The Labute approximate surface area is 117 Å². The van der Waals surface area contributed by atoms with Crippen molar-refractivity contribution in [2.45, 2.75) is 56.7 Å². The zero-order valence-electron chi connectivity index (χ0n) is 12.3. The molecule has 0 aromatic rings. The summed E-state index contributed by atoms with van der Waals surface area (Å²) in [5.74, 6) is 2.62. The quantitative estimate of drug-likeness (QED) is 0.820. The number of rotatable bonds is 2. The van der Waals surface area contributed by atoms with E-state index in [-0.39, 0.29) is 0 Å². The Hall–Kier alpha value is -0.120. The van der Waals surface area contributed by atoms with Crippen molar-refractivity contribution < 1.29 is 0 Å². The number of fused-ring (bicyclic) bond motifs is 4. The molecule has 0 aromatic heterocycles. The van der Waals surface area contributed by atoms with Gasteiger partial charge in [0.1, 0.15) is 0 Å². The average molecular weight is 263 g/mol. The van der Waals surface area contributed by atoms with Gasteiger partial charge in [0, 0.05) is 31.2 Å². The lowest BCUT2D eigenvalue weighted by Crippen LogP contribution is -2.45. The predicted molar refractivity (Wildman–Crippen MR) is 77.9 cm³/mol. The first-order chi connectivity index (χ1) is 9.22. The molecule has 3 nitrogen and oxygen atoms in total. The van der Waals surface area contributed by atoms with Crippen molar-refractivity contribution in [1.82, 2.24) is 9.80 Å². The van der Waals surface area contributed by atoms with Gasteiger partial charge < -0.3 is 10.6 Å². The Balaban J connectivity index is 1.41. The zero-order chi connectivity index (χ0) is 13.0. The number of nitrogens with zero attached hydrogens (tertiary/aromatic N) is 2. The highest BCUT2D eigenvalue weighted by molar-refractivity contribution is 5.01. The number of hydrogen-bond acceptors (Lipinski definition) is 3. The van der Waals surface area contributed by atoms with Crippen LogP contribution < -0.4 is 5.73 Å². The van der Waals surface area contributed by atoms with E-state index in [1.54, 1.807) is 0 Å². The molecule has 4 fully saturated rings. The van der Waals surface area contributed by atoms with Crippen molar-refractivity contribution in [2.24, 2.45) is 23.5 Å². The SMILES string of the molecule is CN1C2CCC1CN(CC1C3CCC(C3)C1N)CC2.